The standard InChI is InChI=1S/C23H37N3O5S/c1-18(2)22-6-4-5-20(26(22)32(29,30)21-9-7-19(3)8-10-21)17-31-23(28)25-13-11-24(12-14-25)15-16-27/h7-10,18,20,22,27H,4-6,11-17H2,1-3H3. The van der Waals surface area contributed by atoms with Crippen molar-refractivity contribution in [2.45, 2.75) is 57.0 Å². The highest BCUT2D eigenvalue weighted by Crippen LogP contribution is 2.33. The average Bonchev–Trinajstić information content (AvgIpc) is 2.78. The number of aliphatic hydroxyl groups is 1. The molecule has 2 atom stereocenters. The number of aryl methyl sites for hydroxylation is 1. The molecule has 1 aromatic rings. The molecule has 8 nitrogen and oxygen atoms in total. The van der Waals surface area contributed by atoms with Gasteiger partial charge in [-0.15, -0.1) is 0 Å². The summed E-state index contributed by atoms with van der Waals surface area (Å²) in [5, 5.41) is 9.07. The number of amides is 1. The fraction of sp³-hybridized carbons (Fsp3) is 0.696. The highest BCUT2D eigenvalue weighted by atomic mass is 32.2. The van der Waals surface area contributed by atoms with Crippen molar-refractivity contribution in [2.24, 2.45) is 5.92 Å². The minimum atomic E-state index is -3.71. The molecule has 1 aromatic carbocycles. The highest BCUT2D eigenvalue weighted by molar-refractivity contribution is 7.89. The number of piperidine rings is 1. The molecular formula is C23H37N3O5S. The summed E-state index contributed by atoms with van der Waals surface area (Å²) in [5.41, 5.74) is 1.01. The third-order valence-corrected chi connectivity index (χ3v) is 8.53. The molecule has 2 fully saturated rings. The van der Waals surface area contributed by atoms with E-state index in [2.05, 4.69) is 4.90 Å². The fourth-order valence-electron chi connectivity index (χ4n) is 4.63. The topological polar surface area (TPSA) is 90.4 Å². The monoisotopic (exact) mass is 467 g/mol. The zero-order valence-corrected chi connectivity index (χ0v) is 20.3. The molecule has 2 aliphatic heterocycles. The van der Waals surface area contributed by atoms with Gasteiger partial charge in [0.15, 0.2) is 0 Å². The molecule has 0 spiro atoms. The van der Waals surface area contributed by atoms with Crippen LogP contribution >= 0.6 is 0 Å². The Balaban J connectivity index is 1.71. The number of aliphatic hydroxyl groups excluding tert-OH is 1. The maximum absolute atomic E-state index is 13.6. The van der Waals surface area contributed by atoms with E-state index in [0.717, 1.165) is 18.4 Å². The van der Waals surface area contributed by atoms with Gasteiger partial charge in [0, 0.05) is 38.8 Å². The minimum absolute atomic E-state index is 0.0595. The van der Waals surface area contributed by atoms with E-state index < -0.39 is 16.1 Å². The molecule has 2 aliphatic rings. The molecule has 1 N–H and O–H groups in total. The molecule has 0 aromatic heterocycles. The van der Waals surface area contributed by atoms with Crippen LogP contribution in [0.1, 0.15) is 38.7 Å². The summed E-state index contributed by atoms with van der Waals surface area (Å²) in [7, 11) is -3.71. The Hall–Kier alpha value is -1.68. The van der Waals surface area contributed by atoms with Crippen LogP contribution in [0.5, 0.6) is 0 Å². The van der Waals surface area contributed by atoms with Crippen molar-refractivity contribution >= 4 is 16.1 Å². The molecule has 32 heavy (non-hydrogen) atoms. The van der Waals surface area contributed by atoms with Gasteiger partial charge in [0.2, 0.25) is 10.0 Å². The summed E-state index contributed by atoms with van der Waals surface area (Å²) in [5.74, 6) is 0.160. The Morgan fingerprint density at radius 2 is 1.78 bits per heavy atom. The SMILES string of the molecule is Cc1ccc(S(=O)(=O)N2C(COC(=O)N3CCN(CCO)CC3)CCCC2C(C)C)cc1. The first-order valence-corrected chi connectivity index (χ1v) is 13.0. The van der Waals surface area contributed by atoms with Gasteiger partial charge in [-0.1, -0.05) is 38.0 Å². The average molecular weight is 468 g/mol. The quantitative estimate of drug-likeness (QED) is 0.662. The molecule has 0 bridgehead atoms. The van der Waals surface area contributed by atoms with Gasteiger partial charge in [-0.2, -0.15) is 4.31 Å². The van der Waals surface area contributed by atoms with Crippen LogP contribution in [-0.2, 0) is 14.8 Å². The van der Waals surface area contributed by atoms with Crippen LogP contribution < -0.4 is 0 Å². The van der Waals surface area contributed by atoms with Crippen LogP contribution in [0.4, 0.5) is 4.79 Å². The van der Waals surface area contributed by atoms with E-state index in [1.165, 1.54) is 0 Å². The van der Waals surface area contributed by atoms with Crippen molar-refractivity contribution in [2.75, 3.05) is 45.9 Å². The number of carbonyl (C=O) groups is 1. The van der Waals surface area contributed by atoms with Crippen LogP contribution in [0.15, 0.2) is 29.2 Å². The minimum Gasteiger partial charge on any atom is -0.448 e. The number of piperazine rings is 1. The van der Waals surface area contributed by atoms with E-state index in [-0.39, 0.29) is 36.1 Å². The van der Waals surface area contributed by atoms with Crippen LogP contribution in [0.2, 0.25) is 0 Å². The Morgan fingerprint density at radius 1 is 1.12 bits per heavy atom. The zero-order valence-electron chi connectivity index (χ0n) is 19.4. The molecule has 180 valence electrons. The summed E-state index contributed by atoms with van der Waals surface area (Å²) in [4.78, 5) is 16.7. The second-order valence-corrected chi connectivity index (χ2v) is 11.0. The smallest absolute Gasteiger partial charge is 0.409 e. The van der Waals surface area contributed by atoms with Gasteiger partial charge < -0.3 is 14.7 Å². The van der Waals surface area contributed by atoms with Crippen LogP contribution in [0.3, 0.4) is 0 Å². The molecule has 9 heteroatoms. The fourth-order valence-corrected chi connectivity index (χ4v) is 6.62. The summed E-state index contributed by atoms with van der Waals surface area (Å²) in [6.45, 7) is 9.27. The summed E-state index contributed by atoms with van der Waals surface area (Å²) < 4.78 is 34.5. The molecular weight excluding hydrogens is 430 g/mol. The molecule has 1 amide bonds. The summed E-state index contributed by atoms with van der Waals surface area (Å²) >= 11 is 0. The first-order valence-electron chi connectivity index (χ1n) is 11.6. The van der Waals surface area contributed by atoms with Gasteiger partial charge in [0.1, 0.15) is 6.61 Å². The number of rotatable bonds is 7. The van der Waals surface area contributed by atoms with Crippen LogP contribution in [0.25, 0.3) is 0 Å². The van der Waals surface area contributed by atoms with Crippen molar-refractivity contribution in [3.05, 3.63) is 29.8 Å². The summed E-state index contributed by atoms with van der Waals surface area (Å²) in [6.07, 6.45) is 1.99. The Morgan fingerprint density at radius 3 is 2.38 bits per heavy atom. The molecule has 2 heterocycles. The number of nitrogens with zero attached hydrogens (tertiary/aromatic N) is 3. The van der Waals surface area contributed by atoms with E-state index in [0.29, 0.717) is 39.1 Å². The van der Waals surface area contributed by atoms with E-state index in [1.807, 2.05) is 32.9 Å². The lowest BCUT2D eigenvalue weighted by Gasteiger charge is -2.43. The Kier molecular flexibility index (Phi) is 8.55. The Bertz CT molecular complexity index is 851. The molecule has 0 aliphatic carbocycles. The Labute approximate surface area is 192 Å². The number of ether oxygens (including phenoxy) is 1. The van der Waals surface area contributed by atoms with Crippen molar-refractivity contribution in [3.63, 3.8) is 0 Å². The van der Waals surface area contributed by atoms with Gasteiger partial charge in [-0.05, 0) is 37.8 Å². The van der Waals surface area contributed by atoms with Gasteiger partial charge in [0.05, 0.1) is 17.5 Å². The van der Waals surface area contributed by atoms with Gasteiger partial charge in [-0.3, -0.25) is 4.90 Å². The zero-order chi connectivity index (χ0) is 23.3. The van der Waals surface area contributed by atoms with Gasteiger partial charge in [-0.25, -0.2) is 13.2 Å². The highest BCUT2D eigenvalue weighted by Gasteiger charge is 2.41. The molecule has 0 radical (unpaired) electrons. The first kappa shape index (κ1) is 25.0. The number of benzene rings is 1. The van der Waals surface area contributed by atoms with Crippen LogP contribution in [-0.4, -0.2) is 91.7 Å². The lowest BCUT2D eigenvalue weighted by Crippen LogP contribution is -2.54. The van der Waals surface area contributed by atoms with Crippen molar-refractivity contribution in [3.8, 4) is 0 Å². The van der Waals surface area contributed by atoms with Gasteiger partial charge in [0.25, 0.3) is 0 Å². The molecule has 2 saturated heterocycles. The van der Waals surface area contributed by atoms with Gasteiger partial charge >= 0.3 is 6.09 Å². The number of hydrogen-bond donors (Lipinski definition) is 1. The second-order valence-electron chi connectivity index (χ2n) is 9.17. The maximum Gasteiger partial charge on any atom is 0.409 e. The number of hydrogen-bond acceptors (Lipinski definition) is 6. The number of carbonyl (C=O) groups excluding carboxylic acids is 1. The lowest BCUT2D eigenvalue weighted by molar-refractivity contribution is 0.0417. The lowest BCUT2D eigenvalue weighted by atomic mass is 9.91. The molecule has 0 saturated carbocycles. The molecule has 3 rings (SSSR count). The predicted molar refractivity (Wildman–Crippen MR) is 123 cm³/mol. The van der Waals surface area contributed by atoms with E-state index in [4.69, 9.17) is 9.84 Å². The van der Waals surface area contributed by atoms with E-state index in [9.17, 15) is 13.2 Å². The first-order chi connectivity index (χ1) is 15.2. The number of β-amino-alcohol motifs (C(OH)–C–C–N with tert-alkyl or cyclic N) is 1. The predicted octanol–water partition coefficient (Wildman–Crippen LogP) is 2.31. The second kappa shape index (κ2) is 11.0. The summed E-state index contributed by atoms with van der Waals surface area (Å²) in [6, 6.07) is 6.44. The maximum atomic E-state index is 13.6. The normalized spacial score (nSPS) is 23.5. The van der Waals surface area contributed by atoms with E-state index in [1.54, 1.807) is 21.3 Å². The third-order valence-electron chi connectivity index (χ3n) is 6.54. The number of sulfonamides is 1. The van der Waals surface area contributed by atoms with Crippen molar-refractivity contribution in [1.29, 1.82) is 0 Å². The van der Waals surface area contributed by atoms with Crippen LogP contribution in [0, 0.1) is 12.8 Å². The van der Waals surface area contributed by atoms with E-state index >= 15 is 0 Å². The van der Waals surface area contributed by atoms with Crippen molar-refractivity contribution < 1.29 is 23.1 Å². The third kappa shape index (κ3) is 5.81. The largest absolute Gasteiger partial charge is 0.448 e. The molecule has 2 unspecified atom stereocenters. The van der Waals surface area contributed by atoms with Crippen molar-refractivity contribution in [1.82, 2.24) is 14.1 Å².